The zero-order valence-electron chi connectivity index (χ0n) is 13.3. The Balaban J connectivity index is 0.00000400. The topological polar surface area (TPSA) is 45.7 Å². The number of nitrogens with one attached hydrogen (secondary N) is 2. The van der Waals surface area contributed by atoms with E-state index in [0.29, 0.717) is 0 Å². The second kappa shape index (κ2) is 12.9. The largest absolute Gasteiger partial charge is 0.385 e. The van der Waals surface area contributed by atoms with Gasteiger partial charge in [0.15, 0.2) is 5.96 Å². The van der Waals surface area contributed by atoms with Crippen LogP contribution >= 0.6 is 24.0 Å². The normalized spacial score (nSPS) is 12.4. The van der Waals surface area contributed by atoms with Crippen molar-refractivity contribution in [2.24, 2.45) is 4.99 Å². The van der Waals surface area contributed by atoms with Crippen molar-refractivity contribution >= 4 is 29.9 Å². The van der Waals surface area contributed by atoms with Crippen molar-refractivity contribution in [2.75, 3.05) is 27.3 Å². The molecule has 1 rings (SSSR count). The Morgan fingerprint density at radius 3 is 2.52 bits per heavy atom. The van der Waals surface area contributed by atoms with Crippen molar-refractivity contribution in [3.63, 3.8) is 0 Å². The summed E-state index contributed by atoms with van der Waals surface area (Å²) >= 11 is 0. The molecular formula is C16H28IN3O. The van der Waals surface area contributed by atoms with Gasteiger partial charge in [0.05, 0.1) is 6.04 Å². The molecule has 0 amide bonds. The van der Waals surface area contributed by atoms with E-state index in [-0.39, 0.29) is 30.0 Å². The Labute approximate surface area is 145 Å². The molecule has 0 saturated carbocycles. The summed E-state index contributed by atoms with van der Waals surface area (Å²) in [6.07, 6.45) is 3.42. The summed E-state index contributed by atoms with van der Waals surface area (Å²) < 4.78 is 5.04. The highest BCUT2D eigenvalue weighted by atomic mass is 127. The van der Waals surface area contributed by atoms with Crippen LogP contribution in [-0.4, -0.2) is 33.3 Å². The summed E-state index contributed by atoms with van der Waals surface area (Å²) in [4.78, 5) is 4.26. The molecule has 0 bridgehead atoms. The van der Waals surface area contributed by atoms with E-state index in [1.54, 1.807) is 14.2 Å². The molecule has 0 aromatic heterocycles. The van der Waals surface area contributed by atoms with Crippen molar-refractivity contribution < 1.29 is 4.74 Å². The van der Waals surface area contributed by atoms with Crippen LogP contribution in [0.4, 0.5) is 0 Å². The van der Waals surface area contributed by atoms with Crippen LogP contribution in [-0.2, 0) is 4.74 Å². The summed E-state index contributed by atoms with van der Waals surface area (Å²) in [6.45, 7) is 3.92. The highest BCUT2D eigenvalue weighted by molar-refractivity contribution is 14.0. The van der Waals surface area contributed by atoms with Gasteiger partial charge in [0, 0.05) is 27.3 Å². The third-order valence-electron chi connectivity index (χ3n) is 3.19. The van der Waals surface area contributed by atoms with Gasteiger partial charge in [-0.25, -0.2) is 0 Å². The van der Waals surface area contributed by atoms with E-state index in [1.165, 1.54) is 12.0 Å². The lowest BCUT2D eigenvalue weighted by atomic mass is 10.1. The second-order valence-electron chi connectivity index (χ2n) is 4.83. The molecule has 1 atom stereocenters. The number of halogens is 1. The molecule has 5 heteroatoms. The number of rotatable bonds is 8. The SMILES string of the molecule is CN=C(NCCCCCOC)NC(C)c1ccccc1.I. The van der Waals surface area contributed by atoms with Gasteiger partial charge in [-0.05, 0) is 31.7 Å². The predicted octanol–water partition coefficient (Wildman–Crippen LogP) is 3.35. The second-order valence-corrected chi connectivity index (χ2v) is 4.83. The first-order valence-electron chi connectivity index (χ1n) is 7.29. The van der Waals surface area contributed by atoms with Gasteiger partial charge < -0.3 is 15.4 Å². The molecule has 2 N–H and O–H groups in total. The molecule has 0 aliphatic carbocycles. The zero-order valence-corrected chi connectivity index (χ0v) is 15.6. The maximum absolute atomic E-state index is 5.04. The molecule has 0 aliphatic rings. The van der Waals surface area contributed by atoms with Crippen LogP contribution in [0.3, 0.4) is 0 Å². The first-order chi connectivity index (χ1) is 9.77. The standard InChI is InChI=1S/C16H27N3O.HI/c1-14(15-10-6-4-7-11-15)19-16(17-2)18-12-8-5-9-13-20-3;/h4,6-7,10-11,14H,5,8-9,12-13H2,1-3H3,(H2,17,18,19);1H. The Bertz CT molecular complexity index is 384. The molecule has 120 valence electrons. The van der Waals surface area contributed by atoms with Crippen LogP contribution in [0.2, 0.25) is 0 Å². The van der Waals surface area contributed by atoms with Gasteiger partial charge in [-0.3, -0.25) is 4.99 Å². The summed E-state index contributed by atoms with van der Waals surface area (Å²) in [5, 5.41) is 6.74. The molecule has 21 heavy (non-hydrogen) atoms. The van der Waals surface area contributed by atoms with E-state index in [2.05, 4.69) is 46.8 Å². The summed E-state index contributed by atoms with van der Waals surface area (Å²) in [5.41, 5.74) is 1.26. The third-order valence-corrected chi connectivity index (χ3v) is 3.19. The molecule has 0 saturated heterocycles. The van der Waals surface area contributed by atoms with Crippen LogP contribution in [0, 0.1) is 0 Å². The Morgan fingerprint density at radius 2 is 1.90 bits per heavy atom. The first-order valence-corrected chi connectivity index (χ1v) is 7.29. The lowest BCUT2D eigenvalue weighted by Gasteiger charge is -2.18. The number of aliphatic imine (C=N–C) groups is 1. The Hall–Kier alpha value is -0.820. The average molecular weight is 405 g/mol. The minimum Gasteiger partial charge on any atom is -0.385 e. The number of methoxy groups -OCH3 is 1. The van der Waals surface area contributed by atoms with Gasteiger partial charge in [0.1, 0.15) is 0 Å². The smallest absolute Gasteiger partial charge is 0.191 e. The van der Waals surface area contributed by atoms with Crippen LogP contribution in [0.25, 0.3) is 0 Å². The van der Waals surface area contributed by atoms with Crippen LogP contribution in [0.15, 0.2) is 35.3 Å². The van der Waals surface area contributed by atoms with Gasteiger partial charge in [-0.15, -0.1) is 24.0 Å². The molecule has 0 spiro atoms. The minimum absolute atomic E-state index is 0. The fraction of sp³-hybridized carbons (Fsp3) is 0.562. The summed E-state index contributed by atoms with van der Waals surface area (Å²) in [7, 11) is 3.55. The highest BCUT2D eigenvalue weighted by Crippen LogP contribution is 2.10. The minimum atomic E-state index is 0. The number of unbranched alkanes of at least 4 members (excludes halogenated alkanes) is 2. The van der Waals surface area contributed by atoms with E-state index < -0.39 is 0 Å². The van der Waals surface area contributed by atoms with Crippen molar-refractivity contribution in [3.05, 3.63) is 35.9 Å². The maximum Gasteiger partial charge on any atom is 0.191 e. The van der Waals surface area contributed by atoms with Gasteiger partial charge in [-0.1, -0.05) is 30.3 Å². The van der Waals surface area contributed by atoms with Gasteiger partial charge in [0.25, 0.3) is 0 Å². The molecule has 1 aromatic rings. The average Bonchev–Trinajstić information content (AvgIpc) is 2.50. The van der Waals surface area contributed by atoms with E-state index >= 15 is 0 Å². The monoisotopic (exact) mass is 405 g/mol. The Morgan fingerprint density at radius 1 is 1.19 bits per heavy atom. The van der Waals surface area contributed by atoms with Crippen molar-refractivity contribution in [3.8, 4) is 0 Å². The molecule has 1 unspecified atom stereocenters. The number of hydrogen-bond acceptors (Lipinski definition) is 2. The van der Waals surface area contributed by atoms with E-state index in [9.17, 15) is 0 Å². The van der Waals surface area contributed by atoms with Gasteiger partial charge in [0.2, 0.25) is 0 Å². The van der Waals surface area contributed by atoms with Crippen LogP contribution in [0.1, 0.15) is 37.8 Å². The predicted molar refractivity (Wildman–Crippen MR) is 100 cm³/mol. The van der Waals surface area contributed by atoms with Crippen molar-refractivity contribution in [1.29, 1.82) is 0 Å². The Kier molecular flexibility index (Phi) is 12.4. The third kappa shape index (κ3) is 8.93. The summed E-state index contributed by atoms with van der Waals surface area (Å²) in [5.74, 6) is 0.855. The lowest BCUT2D eigenvalue weighted by molar-refractivity contribution is 0.192. The lowest BCUT2D eigenvalue weighted by Crippen LogP contribution is -2.39. The molecule has 0 radical (unpaired) electrons. The van der Waals surface area contributed by atoms with Crippen LogP contribution < -0.4 is 10.6 Å². The number of guanidine groups is 1. The maximum atomic E-state index is 5.04. The number of hydrogen-bond donors (Lipinski definition) is 2. The van der Waals surface area contributed by atoms with Crippen molar-refractivity contribution in [1.82, 2.24) is 10.6 Å². The van der Waals surface area contributed by atoms with Gasteiger partial charge in [-0.2, -0.15) is 0 Å². The molecule has 0 heterocycles. The number of benzene rings is 1. The fourth-order valence-corrected chi connectivity index (χ4v) is 1.98. The number of ether oxygens (including phenoxy) is 1. The molecule has 4 nitrogen and oxygen atoms in total. The van der Waals surface area contributed by atoms with Crippen molar-refractivity contribution in [2.45, 2.75) is 32.2 Å². The molecule has 0 fully saturated rings. The van der Waals surface area contributed by atoms with Crippen LogP contribution in [0.5, 0.6) is 0 Å². The zero-order chi connectivity index (χ0) is 14.6. The molecule has 0 aliphatic heterocycles. The molecular weight excluding hydrogens is 377 g/mol. The first kappa shape index (κ1) is 20.2. The van der Waals surface area contributed by atoms with E-state index in [4.69, 9.17) is 4.74 Å². The quantitative estimate of drug-likeness (QED) is 0.302. The summed E-state index contributed by atoms with van der Waals surface area (Å²) in [6, 6.07) is 10.6. The fourth-order valence-electron chi connectivity index (χ4n) is 1.98. The van der Waals surface area contributed by atoms with E-state index in [0.717, 1.165) is 32.0 Å². The highest BCUT2D eigenvalue weighted by Gasteiger charge is 2.06. The number of nitrogens with zero attached hydrogens (tertiary/aromatic N) is 1. The van der Waals surface area contributed by atoms with E-state index in [1.807, 2.05) is 6.07 Å². The molecule has 1 aromatic carbocycles. The van der Waals surface area contributed by atoms with Gasteiger partial charge >= 0.3 is 0 Å².